The van der Waals surface area contributed by atoms with Gasteiger partial charge in [0.1, 0.15) is 21.7 Å². The average Bonchev–Trinajstić information content (AvgIpc) is 2.83. The van der Waals surface area contributed by atoms with Crippen molar-refractivity contribution in [2.75, 3.05) is 13.7 Å². The Morgan fingerprint density at radius 3 is 2.84 bits per heavy atom. The van der Waals surface area contributed by atoms with Crippen LogP contribution in [0.4, 0.5) is 0 Å². The Hall–Kier alpha value is -1.90. The van der Waals surface area contributed by atoms with E-state index in [0.29, 0.717) is 23.8 Å². The fourth-order valence-electron chi connectivity index (χ4n) is 1.71. The van der Waals surface area contributed by atoms with Crippen LogP contribution >= 0.6 is 11.3 Å². The number of rotatable bonds is 5. The predicted molar refractivity (Wildman–Crippen MR) is 74.1 cm³/mol. The van der Waals surface area contributed by atoms with Crippen LogP contribution in [0.5, 0.6) is 5.75 Å². The number of methoxy groups -OCH3 is 1. The third-order valence-electron chi connectivity index (χ3n) is 2.50. The van der Waals surface area contributed by atoms with Crippen LogP contribution in [0.3, 0.4) is 0 Å². The number of nitriles is 1. The van der Waals surface area contributed by atoms with Gasteiger partial charge >= 0.3 is 0 Å². The normalized spacial score (nSPS) is 10.2. The molecule has 0 radical (unpaired) electrons. The molecule has 19 heavy (non-hydrogen) atoms. The molecular formula is C14H14N2O2S. The lowest BCUT2D eigenvalue weighted by molar-refractivity contribution is 0.182. The maximum Gasteiger partial charge on any atom is 0.130 e. The zero-order valence-electron chi connectivity index (χ0n) is 10.8. The largest absolute Gasteiger partial charge is 0.493 e. The number of hydrogen-bond donors (Lipinski definition) is 0. The van der Waals surface area contributed by atoms with Gasteiger partial charge in [0, 0.05) is 7.11 Å². The van der Waals surface area contributed by atoms with Crippen LogP contribution in [0.15, 0.2) is 24.3 Å². The molecule has 0 aliphatic rings. The molecule has 0 fully saturated rings. The van der Waals surface area contributed by atoms with Crippen molar-refractivity contribution in [1.29, 1.82) is 5.26 Å². The SMILES string of the molecule is CCOc1ccccc1-c1nc(COC)c(C#N)s1. The molecule has 1 aromatic heterocycles. The van der Waals surface area contributed by atoms with Gasteiger partial charge in [0.2, 0.25) is 0 Å². The summed E-state index contributed by atoms with van der Waals surface area (Å²) in [7, 11) is 1.59. The van der Waals surface area contributed by atoms with E-state index in [1.165, 1.54) is 11.3 Å². The first-order chi connectivity index (χ1) is 9.30. The van der Waals surface area contributed by atoms with Crippen molar-refractivity contribution in [3.63, 3.8) is 0 Å². The van der Waals surface area contributed by atoms with Crippen molar-refractivity contribution >= 4 is 11.3 Å². The molecule has 0 amide bonds. The van der Waals surface area contributed by atoms with Crippen LogP contribution in [0.2, 0.25) is 0 Å². The first-order valence-corrected chi connectivity index (χ1v) is 6.72. The topological polar surface area (TPSA) is 55.1 Å². The third-order valence-corrected chi connectivity index (χ3v) is 3.53. The highest BCUT2D eigenvalue weighted by Crippen LogP contribution is 2.34. The zero-order valence-corrected chi connectivity index (χ0v) is 11.7. The molecule has 4 nitrogen and oxygen atoms in total. The summed E-state index contributed by atoms with van der Waals surface area (Å²) in [5, 5.41) is 9.90. The number of thiazole rings is 1. The summed E-state index contributed by atoms with van der Waals surface area (Å²) < 4.78 is 10.6. The minimum Gasteiger partial charge on any atom is -0.493 e. The molecule has 0 aliphatic heterocycles. The van der Waals surface area contributed by atoms with E-state index in [0.717, 1.165) is 16.3 Å². The van der Waals surface area contributed by atoms with Crippen molar-refractivity contribution in [1.82, 2.24) is 4.98 Å². The molecule has 2 rings (SSSR count). The molecule has 1 heterocycles. The molecule has 0 spiro atoms. The zero-order chi connectivity index (χ0) is 13.7. The molecule has 2 aromatic rings. The highest BCUT2D eigenvalue weighted by Gasteiger charge is 2.15. The lowest BCUT2D eigenvalue weighted by Gasteiger charge is -2.07. The maximum absolute atomic E-state index is 9.11. The average molecular weight is 274 g/mol. The Bertz CT molecular complexity index is 602. The standard InChI is InChI=1S/C14H14N2O2S/c1-3-18-12-7-5-4-6-10(12)14-16-11(9-17-2)13(8-15)19-14/h4-7H,3,9H2,1-2H3. The Kier molecular flexibility index (Phi) is 4.50. The van der Waals surface area contributed by atoms with Gasteiger partial charge in [-0.25, -0.2) is 4.98 Å². The lowest BCUT2D eigenvalue weighted by atomic mass is 10.2. The molecule has 0 atom stereocenters. The van der Waals surface area contributed by atoms with Gasteiger partial charge in [0.15, 0.2) is 0 Å². The second-order valence-corrected chi connectivity index (χ2v) is 4.77. The van der Waals surface area contributed by atoms with Crippen LogP contribution < -0.4 is 4.74 Å². The van der Waals surface area contributed by atoms with Gasteiger partial charge in [0.05, 0.1) is 24.5 Å². The Morgan fingerprint density at radius 2 is 2.16 bits per heavy atom. The molecule has 1 aromatic carbocycles. The number of benzene rings is 1. The van der Waals surface area contributed by atoms with Crippen molar-refractivity contribution in [2.45, 2.75) is 13.5 Å². The fraction of sp³-hybridized carbons (Fsp3) is 0.286. The van der Waals surface area contributed by atoms with Gasteiger partial charge in [-0.3, -0.25) is 0 Å². The van der Waals surface area contributed by atoms with E-state index in [-0.39, 0.29) is 0 Å². The first kappa shape index (κ1) is 13.5. The second-order valence-electron chi connectivity index (χ2n) is 3.77. The predicted octanol–water partition coefficient (Wildman–Crippen LogP) is 3.23. The van der Waals surface area contributed by atoms with Crippen LogP contribution in [0.1, 0.15) is 17.5 Å². The molecule has 0 saturated carbocycles. The van der Waals surface area contributed by atoms with E-state index >= 15 is 0 Å². The van der Waals surface area contributed by atoms with Crippen LogP contribution in [-0.2, 0) is 11.3 Å². The molecular weight excluding hydrogens is 260 g/mol. The molecule has 5 heteroatoms. The van der Waals surface area contributed by atoms with Crippen molar-refractivity contribution in [3.05, 3.63) is 34.8 Å². The van der Waals surface area contributed by atoms with Crippen LogP contribution in [-0.4, -0.2) is 18.7 Å². The Morgan fingerprint density at radius 1 is 1.37 bits per heavy atom. The molecule has 0 bridgehead atoms. The summed E-state index contributed by atoms with van der Waals surface area (Å²) in [5.41, 5.74) is 1.59. The number of nitrogens with zero attached hydrogens (tertiary/aromatic N) is 2. The summed E-state index contributed by atoms with van der Waals surface area (Å²) in [6.07, 6.45) is 0. The van der Waals surface area contributed by atoms with Gasteiger partial charge in [-0.05, 0) is 19.1 Å². The monoisotopic (exact) mass is 274 g/mol. The lowest BCUT2D eigenvalue weighted by Crippen LogP contribution is -1.94. The van der Waals surface area contributed by atoms with Crippen molar-refractivity contribution in [3.8, 4) is 22.4 Å². The first-order valence-electron chi connectivity index (χ1n) is 5.91. The summed E-state index contributed by atoms with van der Waals surface area (Å²) in [5.74, 6) is 0.784. The molecule has 98 valence electrons. The number of ether oxygens (including phenoxy) is 2. The Labute approximate surface area is 116 Å². The van der Waals surface area contributed by atoms with E-state index in [1.54, 1.807) is 7.11 Å². The van der Waals surface area contributed by atoms with E-state index in [2.05, 4.69) is 11.1 Å². The third kappa shape index (κ3) is 2.92. The maximum atomic E-state index is 9.11. The quantitative estimate of drug-likeness (QED) is 0.840. The molecule has 0 saturated heterocycles. The van der Waals surface area contributed by atoms with Gasteiger partial charge in [-0.15, -0.1) is 11.3 Å². The van der Waals surface area contributed by atoms with Gasteiger partial charge in [-0.2, -0.15) is 5.26 Å². The van der Waals surface area contributed by atoms with E-state index in [4.69, 9.17) is 14.7 Å². The smallest absolute Gasteiger partial charge is 0.130 e. The molecule has 0 N–H and O–H groups in total. The van der Waals surface area contributed by atoms with Crippen molar-refractivity contribution in [2.24, 2.45) is 0 Å². The van der Waals surface area contributed by atoms with E-state index in [9.17, 15) is 0 Å². The summed E-state index contributed by atoms with van der Waals surface area (Å²) in [6.45, 7) is 2.88. The second kappa shape index (κ2) is 6.32. The fourth-order valence-corrected chi connectivity index (χ4v) is 2.61. The summed E-state index contributed by atoms with van der Waals surface area (Å²) >= 11 is 1.36. The van der Waals surface area contributed by atoms with Gasteiger partial charge in [0.25, 0.3) is 0 Å². The van der Waals surface area contributed by atoms with Crippen LogP contribution in [0.25, 0.3) is 10.6 Å². The Balaban J connectivity index is 2.45. The summed E-state index contributed by atoms with van der Waals surface area (Å²) in [4.78, 5) is 5.06. The van der Waals surface area contributed by atoms with Crippen LogP contribution in [0, 0.1) is 11.3 Å². The molecule has 0 unspecified atom stereocenters. The van der Waals surface area contributed by atoms with Crippen molar-refractivity contribution < 1.29 is 9.47 Å². The van der Waals surface area contributed by atoms with E-state index < -0.39 is 0 Å². The molecule has 0 aliphatic carbocycles. The minimum atomic E-state index is 0.343. The minimum absolute atomic E-state index is 0.343. The highest BCUT2D eigenvalue weighted by molar-refractivity contribution is 7.15. The number of hydrogen-bond acceptors (Lipinski definition) is 5. The number of aromatic nitrogens is 1. The summed E-state index contributed by atoms with van der Waals surface area (Å²) in [6, 6.07) is 9.86. The van der Waals surface area contributed by atoms with Gasteiger partial charge in [-0.1, -0.05) is 12.1 Å². The van der Waals surface area contributed by atoms with E-state index in [1.807, 2.05) is 31.2 Å². The van der Waals surface area contributed by atoms with Gasteiger partial charge < -0.3 is 9.47 Å². The number of para-hydroxylation sites is 1. The highest BCUT2D eigenvalue weighted by atomic mass is 32.1.